The highest BCUT2D eigenvalue weighted by atomic mass is 32.1. The van der Waals surface area contributed by atoms with Gasteiger partial charge in [-0.2, -0.15) is 0 Å². The molecular weight excluding hydrogens is 270 g/mol. The normalized spacial score (nSPS) is 16.3. The first kappa shape index (κ1) is 12.9. The topological polar surface area (TPSA) is 60.2 Å². The monoisotopic (exact) mass is 285 g/mol. The van der Waals surface area contributed by atoms with Gasteiger partial charge in [-0.3, -0.25) is 0 Å². The fourth-order valence-electron chi connectivity index (χ4n) is 2.32. The third-order valence-electron chi connectivity index (χ3n) is 3.28. The molecule has 1 aliphatic heterocycles. The van der Waals surface area contributed by atoms with Crippen LogP contribution < -0.4 is 15.8 Å². The molecular formula is C15H15N3OS. The highest BCUT2D eigenvalue weighted by molar-refractivity contribution is 7.80. The van der Waals surface area contributed by atoms with Gasteiger partial charge in [0.05, 0.1) is 12.1 Å². The van der Waals surface area contributed by atoms with Crippen molar-refractivity contribution in [2.45, 2.75) is 12.5 Å². The van der Waals surface area contributed by atoms with E-state index >= 15 is 0 Å². The maximum Gasteiger partial charge on any atom is 0.136 e. The van der Waals surface area contributed by atoms with Crippen LogP contribution in [0, 0.1) is 0 Å². The lowest BCUT2D eigenvalue weighted by atomic mass is 10.1. The Labute approximate surface area is 123 Å². The van der Waals surface area contributed by atoms with E-state index in [4.69, 9.17) is 22.7 Å². The Bertz CT molecular complexity index is 620. The summed E-state index contributed by atoms with van der Waals surface area (Å²) in [5.74, 6) is 1.68. The molecule has 1 atom stereocenters. The van der Waals surface area contributed by atoms with Crippen LogP contribution >= 0.6 is 12.2 Å². The van der Waals surface area contributed by atoms with E-state index in [1.807, 2.05) is 30.3 Å². The van der Waals surface area contributed by atoms with Gasteiger partial charge in [-0.25, -0.2) is 4.98 Å². The minimum absolute atomic E-state index is 0.105. The summed E-state index contributed by atoms with van der Waals surface area (Å²) in [6.45, 7) is 0.668. The Morgan fingerprint density at radius 1 is 1.35 bits per heavy atom. The van der Waals surface area contributed by atoms with E-state index in [0.29, 0.717) is 17.4 Å². The van der Waals surface area contributed by atoms with Crippen LogP contribution in [0.5, 0.6) is 5.75 Å². The third kappa shape index (κ3) is 2.58. The molecule has 0 spiro atoms. The predicted molar refractivity (Wildman–Crippen MR) is 83.2 cm³/mol. The second-order valence-electron chi connectivity index (χ2n) is 4.70. The third-order valence-corrected chi connectivity index (χ3v) is 3.50. The molecule has 2 aromatic rings. The van der Waals surface area contributed by atoms with Crippen molar-refractivity contribution in [2.75, 3.05) is 11.9 Å². The zero-order valence-electron chi connectivity index (χ0n) is 10.9. The van der Waals surface area contributed by atoms with Gasteiger partial charge in [0.2, 0.25) is 0 Å². The maximum atomic E-state index is 5.87. The number of aromatic nitrogens is 1. The average molecular weight is 285 g/mol. The Kier molecular flexibility index (Phi) is 3.52. The Morgan fingerprint density at radius 2 is 2.20 bits per heavy atom. The summed E-state index contributed by atoms with van der Waals surface area (Å²) >= 11 is 5.02. The van der Waals surface area contributed by atoms with Gasteiger partial charge in [-0.15, -0.1) is 0 Å². The van der Waals surface area contributed by atoms with E-state index in [1.165, 1.54) is 5.56 Å². The zero-order chi connectivity index (χ0) is 13.9. The summed E-state index contributed by atoms with van der Waals surface area (Å²) in [6.07, 6.45) is 2.72. The van der Waals surface area contributed by atoms with Gasteiger partial charge in [0.15, 0.2) is 0 Å². The predicted octanol–water partition coefficient (Wildman–Crippen LogP) is 2.13. The number of rotatable bonds is 4. The minimum Gasteiger partial charge on any atom is -0.488 e. The SMILES string of the molecule is NC(=S)c1cccnc1NCC1Cc2ccccc2O1. The highest BCUT2D eigenvalue weighted by Crippen LogP contribution is 2.28. The second kappa shape index (κ2) is 5.46. The molecule has 0 radical (unpaired) electrons. The van der Waals surface area contributed by atoms with Crippen LogP contribution in [0.3, 0.4) is 0 Å². The fraction of sp³-hybridized carbons (Fsp3) is 0.200. The number of benzene rings is 1. The molecule has 0 saturated heterocycles. The van der Waals surface area contributed by atoms with E-state index in [0.717, 1.165) is 17.7 Å². The number of anilines is 1. The van der Waals surface area contributed by atoms with Crippen molar-refractivity contribution in [2.24, 2.45) is 5.73 Å². The van der Waals surface area contributed by atoms with Crippen LogP contribution in [-0.4, -0.2) is 22.6 Å². The van der Waals surface area contributed by atoms with Crippen LogP contribution in [0.1, 0.15) is 11.1 Å². The van der Waals surface area contributed by atoms with E-state index in [9.17, 15) is 0 Å². The lowest BCUT2D eigenvalue weighted by Gasteiger charge is -2.14. The fourth-order valence-corrected chi connectivity index (χ4v) is 2.49. The number of para-hydroxylation sites is 1. The van der Waals surface area contributed by atoms with Crippen molar-refractivity contribution in [3.8, 4) is 5.75 Å². The molecule has 0 saturated carbocycles. The van der Waals surface area contributed by atoms with E-state index in [2.05, 4.69) is 16.4 Å². The summed E-state index contributed by atoms with van der Waals surface area (Å²) in [5, 5.41) is 3.27. The first-order valence-corrected chi connectivity index (χ1v) is 6.88. The molecule has 4 nitrogen and oxygen atoms in total. The van der Waals surface area contributed by atoms with Gasteiger partial charge in [0.1, 0.15) is 22.7 Å². The number of nitrogens with two attached hydrogens (primary N) is 1. The Balaban J connectivity index is 1.66. The molecule has 5 heteroatoms. The molecule has 102 valence electrons. The first-order valence-electron chi connectivity index (χ1n) is 6.47. The number of hydrogen-bond donors (Lipinski definition) is 2. The number of nitrogens with one attached hydrogen (secondary N) is 1. The molecule has 2 heterocycles. The molecule has 1 unspecified atom stereocenters. The summed E-state index contributed by atoms with van der Waals surface area (Å²) in [5.41, 5.74) is 7.69. The number of nitrogens with zero attached hydrogens (tertiary/aromatic N) is 1. The van der Waals surface area contributed by atoms with E-state index in [-0.39, 0.29) is 6.10 Å². The van der Waals surface area contributed by atoms with Crippen LogP contribution in [0.4, 0.5) is 5.82 Å². The molecule has 3 rings (SSSR count). The molecule has 1 aromatic carbocycles. The second-order valence-corrected chi connectivity index (χ2v) is 5.14. The first-order chi connectivity index (χ1) is 9.74. The lowest BCUT2D eigenvalue weighted by molar-refractivity contribution is 0.246. The number of fused-ring (bicyclic) bond motifs is 1. The lowest BCUT2D eigenvalue weighted by Crippen LogP contribution is -2.25. The minimum atomic E-state index is 0.105. The largest absolute Gasteiger partial charge is 0.488 e. The summed E-state index contributed by atoms with van der Waals surface area (Å²) in [7, 11) is 0. The molecule has 0 fully saturated rings. The van der Waals surface area contributed by atoms with Crippen molar-refractivity contribution in [3.05, 3.63) is 53.7 Å². The van der Waals surface area contributed by atoms with Crippen molar-refractivity contribution in [1.82, 2.24) is 4.98 Å². The van der Waals surface area contributed by atoms with E-state index in [1.54, 1.807) is 6.20 Å². The van der Waals surface area contributed by atoms with Crippen LogP contribution in [0.2, 0.25) is 0 Å². The zero-order valence-corrected chi connectivity index (χ0v) is 11.7. The van der Waals surface area contributed by atoms with Gasteiger partial charge in [0.25, 0.3) is 0 Å². The van der Waals surface area contributed by atoms with Gasteiger partial charge in [-0.05, 0) is 23.8 Å². The molecule has 0 amide bonds. The Morgan fingerprint density at radius 3 is 3.00 bits per heavy atom. The average Bonchev–Trinajstić information content (AvgIpc) is 2.88. The number of ether oxygens (including phenoxy) is 1. The molecule has 0 aliphatic carbocycles. The van der Waals surface area contributed by atoms with Crippen molar-refractivity contribution in [3.63, 3.8) is 0 Å². The quantitative estimate of drug-likeness (QED) is 0.843. The molecule has 20 heavy (non-hydrogen) atoms. The van der Waals surface area contributed by atoms with E-state index < -0.39 is 0 Å². The number of pyridine rings is 1. The Hall–Kier alpha value is -2.14. The van der Waals surface area contributed by atoms with Crippen LogP contribution in [0.15, 0.2) is 42.6 Å². The highest BCUT2D eigenvalue weighted by Gasteiger charge is 2.22. The van der Waals surface area contributed by atoms with Crippen LogP contribution in [-0.2, 0) is 6.42 Å². The van der Waals surface area contributed by atoms with Gasteiger partial charge >= 0.3 is 0 Å². The maximum absolute atomic E-state index is 5.87. The van der Waals surface area contributed by atoms with Gasteiger partial charge in [0, 0.05) is 12.6 Å². The summed E-state index contributed by atoms with van der Waals surface area (Å²) in [4.78, 5) is 4.62. The number of thiocarbonyl (C=S) groups is 1. The van der Waals surface area contributed by atoms with Gasteiger partial charge in [-0.1, -0.05) is 30.4 Å². The molecule has 1 aromatic heterocycles. The smallest absolute Gasteiger partial charge is 0.136 e. The molecule has 3 N–H and O–H groups in total. The molecule has 0 bridgehead atoms. The van der Waals surface area contributed by atoms with Crippen molar-refractivity contribution < 1.29 is 4.74 Å². The number of hydrogen-bond acceptors (Lipinski definition) is 4. The van der Waals surface area contributed by atoms with Crippen molar-refractivity contribution in [1.29, 1.82) is 0 Å². The summed E-state index contributed by atoms with van der Waals surface area (Å²) < 4.78 is 5.87. The van der Waals surface area contributed by atoms with Gasteiger partial charge < -0.3 is 15.8 Å². The summed E-state index contributed by atoms with van der Waals surface area (Å²) in [6, 6.07) is 11.8. The standard InChI is InChI=1S/C15H15N3OS/c16-14(20)12-5-3-7-17-15(12)18-9-11-8-10-4-1-2-6-13(10)19-11/h1-7,11H,8-9H2,(H2,16,20)(H,17,18). The molecule has 1 aliphatic rings. The van der Waals surface area contributed by atoms with Crippen molar-refractivity contribution >= 4 is 23.0 Å². The van der Waals surface area contributed by atoms with Crippen LogP contribution in [0.25, 0.3) is 0 Å².